The fourth-order valence-corrected chi connectivity index (χ4v) is 2.49. The van der Waals surface area contributed by atoms with E-state index in [0.717, 1.165) is 19.3 Å². The van der Waals surface area contributed by atoms with Crippen LogP contribution >= 0.6 is 0 Å². The highest BCUT2D eigenvalue weighted by molar-refractivity contribution is 6.03. The number of hydrogen-bond donors (Lipinski definition) is 2. The van der Waals surface area contributed by atoms with Crippen molar-refractivity contribution < 1.29 is 14.4 Å². The van der Waals surface area contributed by atoms with Gasteiger partial charge in [-0.25, -0.2) is 0 Å². The summed E-state index contributed by atoms with van der Waals surface area (Å²) in [6.07, 6.45) is 4.22. The molecule has 3 N–H and O–H groups in total. The summed E-state index contributed by atoms with van der Waals surface area (Å²) in [6, 6.07) is 0. The van der Waals surface area contributed by atoms with Crippen molar-refractivity contribution in [3.63, 3.8) is 0 Å². The number of amides is 3. The molecule has 1 heterocycles. The minimum Gasteiger partial charge on any atom is -0.322 e. The molecule has 0 aromatic rings. The van der Waals surface area contributed by atoms with Gasteiger partial charge < -0.3 is 10.6 Å². The van der Waals surface area contributed by atoms with Crippen LogP contribution in [0.4, 0.5) is 0 Å². The molecule has 6 heteroatoms. The first-order valence-corrected chi connectivity index (χ1v) is 5.92. The van der Waals surface area contributed by atoms with Crippen molar-refractivity contribution in [3.8, 4) is 0 Å². The average molecular weight is 239 g/mol. The molecule has 6 nitrogen and oxygen atoms in total. The second-order valence-corrected chi connectivity index (χ2v) is 4.85. The van der Waals surface area contributed by atoms with Crippen LogP contribution in [0.5, 0.6) is 0 Å². The predicted octanol–water partition coefficient (Wildman–Crippen LogP) is -0.867. The average Bonchev–Trinajstić information content (AvgIpc) is 2.27. The summed E-state index contributed by atoms with van der Waals surface area (Å²) in [5, 5.41) is 2.17. The van der Waals surface area contributed by atoms with Gasteiger partial charge in [-0.05, 0) is 12.8 Å². The molecule has 0 radical (unpaired) electrons. The van der Waals surface area contributed by atoms with Crippen LogP contribution in [-0.2, 0) is 14.4 Å². The molecule has 17 heavy (non-hydrogen) atoms. The fraction of sp³-hybridized carbons (Fsp3) is 0.727. The third-order valence-electron chi connectivity index (χ3n) is 3.41. The Kier molecular flexibility index (Phi) is 3.15. The Morgan fingerprint density at radius 1 is 1.12 bits per heavy atom. The number of carbonyl (C=O) groups excluding carboxylic acids is 3. The van der Waals surface area contributed by atoms with E-state index in [0.29, 0.717) is 12.8 Å². The Hall–Kier alpha value is -1.43. The number of carbonyl (C=O) groups is 3. The third kappa shape index (κ3) is 2.46. The molecular weight excluding hydrogens is 222 g/mol. The number of nitrogens with one attached hydrogen (secondary N) is 1. The van der Waals surface area contributed by atoms with Gasteiger partial charge in [-0.3, -0.25) is 19.7 Å². The molecule has 1 aliphatic heterocycles. The number of nitrogens with two attached hydrogens (primary N) is 1. The van der Waals surface area contributed by atoms with Crippen LogP contribution in [0.3, 0.4) is 0 Å². The zero-order chi connectivity index (χ0) is 12.5. The van der Waals surface area contributed by atoms with Gasteiger partial charge >= 0.3 is 0 Å². The van der Waals surface area contributed by atoms with Crippen molar-refractivity contribution >= 4 is 17.7 Å². The Balaban J connectivity index is 2.08. The van der Waals surface area contributed by atoms with Crippen molar-refractivity contribution in [3.05, 3.63) is 0 Å². The smallest absolute Gasteiger partial charge is 0.246 e. The van der Waals surface area contributed by atoms with Gasteiger partial charge in [0.1, 0.15) is 13.1 Å². The topological polar surface area (TPSA) is 92.5 Å². The molecule has 0 atom stereocenters. The fourth-order valence-electron chi connectivity index (χ4n) is 2.49. The van der Waals surface area contributed by atoms with Gasteiger partial charge in [-0.2, -0.15) is 0 Å². The maximum Gasteiger partial charge on any atom is 0.246 e. The van der Waals surface area contributed by atoms with E-state index in [9.17, 15) is 14.4 Å². The lowest BCUT2D eigenvalue weighted by Crippen LogP contribution is -2.62. The molecule has 2 rings (SSSR count). The minimum atomic E-state index is -0.879. The highest BCUT2D eigenvalue weighted by Gasteiger charge is 2.40. The van der Waals surface area contributed by atoms with E-state index < -0.39 is 17.4 Å². The van der Waals surface area contributed by atoms with E-state index in [1.54, 1.807) is 0 Å². The van der Waals surface area contributed by atoms with Crippen molar-refractivity contribution in [1.29, 1.82) is 0 Å². The molecule has 0 aromatic heterocycles. The summed E-state index contributed by atoms with van der Waals surface area (Å²) < 4.78 is 0. The van der Waals surface area contributed by atoms with Crippen molar-refractivity contribution in [2.24, 2.45) is 5.73 Å². The number of nitrogens with zero attached hydrogens (tertiary/aromatic N) is 1. The van der Waals surface area contributed by atoms with E-state index in [1.165, 1.54) is 4.90 Å². The molecule has 94 valence electrons. The normalized spacial score (nSPS) is 24.4. The minimum absolute atomic E-state index is 0.0659. The van der Waals surface area contributed by atoms with Gasteiger partial charge in [-0.1, -0.05) is 19.3 Å². The van der Waals surface area contributed by atoms with Crippen LogP contribution in [0, 0.1) is 0 Å². The Bertz CT molecular complexity index is 345. The summed E-state index contributed by atoms with van der Waals surface area (Å²) in [6.45, 7) is -0.132. The number of piperazine rings is 1. The first-order valence-electron chi connectivity index (χ1n) is 5.92. The first-order chi connectivity index (χ1) is 8.01. The molecule has 2 aliphatic rings. The van der Waals surface area contributed by atoms with Crippen molar-refractivity contribution in [2.45, 2.75) is 37.6 Å². The molecule has 0 aromatic carbocycles. The summed E-state index contributed by atoms with van der Waals surface area (Å²) in [5.41, 5.74) is 5.21. The number of imide groups is 1. The molecule has 1 aliphatic carbocycles. The monoisotopic (exact) mass is 239 g/mol. The molecule has 0 spiro atoms. The quantitative estimate of drug-likeness (QED) is 0.582. The van der Waals surface area contributed by atoms with Crippen LogP contribution in [0.25, 0.3) is 0 Å². The molecule has 0 bridgehead atoms. The Morgan fingerprint density at radius 2 is 1.65 bits per heavy atom. The highest BCUT2D eigenvalue weighted by atomic mass is 16.2. The van der Waals surface area contributed by atoms with Gasteiger partial charge in [0, 0.05) is 0 Å². The summed E-state index contributed by atoms with van der Waals surface area (Å²) in [4.78, 5) is 35.9. The van der Waals surface area contributed by atoms with E-state index in [-0.39, 0.29) is 19.0 Å². The molecule has 1 saturated heterocycles. The molecule has 0 unspecified atom stereocenters. The maximum absolute atomic E-state index is 12.2. The third-order valence-corrected chi connectivity index (χ3v) is 3.41. The lowest BCUT2D eigenvalue weighted by atomic mass is 9.81. The lowest BCUT2D eigenvalue weighted by Gasteiger charge is -2.37. The standard InChI is InChI=1S/C11H17N3O3/c12-11(4-2-1-3-5-11)10(17)14-6-8(15)13-9(16)7-14/h1-7,12H2,(H,13,15,16). The predicted molar refractivity (Wildman–Crippen MR) is 59.7 cm³/mol. The van der Waals surface area contributed by atoms with Gasteiger partial charge in [0.2, 0.25) is 17.7 Å². The first kappa shape index (κ1) is 12.0. The second kappa shape index (κ2) is 4.44. The highest BCUT2D eigenvalue weighted by Crippen LogP contribution is 2.27. The Morgan fingerprint density at radius 3 is 2.18 bits per heavy atom. The Labute approximate surface area is 99.5 Å². The zero-order valence-electron chi connectivity index (χ0n) is 9.70. The maximum atomic E-state index is 12.2. The van der Waals surface area contributed by atoms with E-state index in [4.69, 9.17) is 5.73 Å². The molecule has 1 saturated carbocycles. The van der Waals surface area contributed by atoms with Crippen LogP contribution in [0.1, 0.15) is 32.1 Å². The van der Waals surface area contributed by atoms with Crippen molar-refractivity contribution in [2.75, 3.05) is 13.1 Å². The SMILES string of the molecule is NC1(C(=O)N2CC(=O)NC(=O)C2)CCCCC1. The van der Waals surface area contributed by atoms with E-state index in [2.05, 4.69) is 5.32 Å². The van der Waals surface area contributed by atoms with Crippen molar-refractivity contribution in [1.82, 2.24) is 10.2 Å². The van der Waals surface area contributed by atoms with Gasteiger partial charge in [0.05, 0.1) is 5.54 Å². The van der Waals surface area contributed by atoms with Crippen LogP contribution in [-0.4, -0.2) is 41.2 Å². The van der Waals surface area contributed by atoms with E-state index >= 15 is 0 Å². The van der Waals surface area contributed by atoms with Crippen LogP contribution in [0.15, 0.2) is 0 Å². The van der Waals surface area contributed by atoms with E-state index in [1.807, 2.05) is 0 Å². The zero-order valence-corrected chi connectivity index (χ0v) is 9.70. The lowest BCUT2D eigenvalue weighted by molar-refractivity contribution is -0.149. The molecule has 3 amide bonds. The summed E-state index contributed by atoms with van der Waals surface area (Å²) in [7, 11) is 0. The van der Waals surface area contributed by atoms with Gasteiger partial charge in [0.25, 0.3) is 0 Å². The number of hydrogen-bond acceptors (Lipinski definition) is 4. The largest absolute Gasteiger partial charge is 0.322 e. The molecular formula is C11H17N3O3. The number of rotatable bonds is 1. The summed E-state index contributed by atoms with van der Waals surface area (Å²) >= 11 is 0. The van der Waals surface area contributed by atoms with Crippen LogP contribution < -0.4 is 11.1 Å². The molecule has 2 fully saturated rings. The van der Waals surface area contributed by atoms with Crippen LogP contribution in [0.2, 0.25) is 0 Å². The van der Waals surface area contributed by atoms with Gasteiger partial charge in [0.15, 0.2) is 0 Å². The second-order valence-electron chi connectivity index (χ2n) is 4.85. The summed E-state index contributed by atoms with van der Waals surface area (Å²) in [5.74, 6) is -1.14. The van der Waals surface area contributed by atoms with Gasteiger partial charge in [-0.15, -0.1) is 0 Å².